The molecule has 0 saturated carbocycles. The molecule has 37 heavy (non-hydrogen) atoms. The average molecular weight is 487 g/mol. The van der Waals surface area contributed by atoms with E-state index in [0.29, 0.717) is 0 Å². The second-order valence-electron chi connectivity index (χ2n) is 8.29. The molecule has 180 valence electrons. The largest absolute Gasteiger partial charge is 0.858 e. The van der Waals surface area contributed by atoms with E-state index in [2.05, 4.69) is 15.2 Å². The van der Waals surface area contributed by atoms with Crippen LogP contribution in [0.25, 0.3) is 0 Å². The monoisotopic (exact) mass is 487 g/mol. The van der Waals surface area contributed by atoms with E-state index in [4.69, 9.17) is 0 Å². The molecule has 2 amide bonds. The van der Waals surface area contributed by atoms with Gasteiger partial charge in [-0.1, -0.05) is 66.7 Å². The summed E-state index contributed by atoms with van der Waals surface area (Å²) >= 11 is 0. The van der Waals surface area contributed by atoms with Crippen LogP contribution in [0.5, 0.6) is 11.8 Å². The number of nitriles is 1. The zero-order chi connectivity index (χ0) is 26.1. The van der Waals surface area contributed by atoms with Gasteiger partial charge in [0.2, 0.25) is 0 Å². The second kappa shape index (κ2) is 9.36. The van der Waals surface area contributed by atoms with Crippen LogP contribution < -0.4 is 10.2 Å². The molecule has 0 radical (unpaired) electrons. The molecule has 5 rings (SSSR count). The molecule has 0 fully saturated rings. The Balaban J connectivity index is 1.60. The van der Waals surface area contributed by atoms with Gasteiger partial charge in [0.15, 0.2) is 0 Å². The highest BCUT2D eigenvalue weighted by atomic mass is 16.3. The molecule has 0 aliphatic carbocycles. The number of hydrogen-bond donors (Lipinski definition) is 0. The Hall–Kier alpha value is -5.36. The average Bonchev–Trinajstić information content (AvgIpc) is 3.16. The highest BCUT2D eigenvalue weighted by Gasteiger charge is 2.42. The Labute approximate surface area is 211 Å². The predicted octanol–water partition coefficient (Wildman–Crippen LogP) is 4.21. The number of imide groups is 1. The van der Waals surface area contributed by atoms with Gasteiger partial charge in [-0.2, -0.15) is 5.26 Å². The van der Waals surface area contributed by atoms with Gasteiger partial charge >= 0.3 is 0 Å². The number of nitrogens with zero attached hydrogens (tertiary/aromatic N) is 5. The molecule has 9 nitrogen and oxygen atoms in total. The minimum Gasteiger partial charge on any atom is -0.858 e. The van der Waals surface area contributed by atoms with Gasteiger partial charge in [-0.15, -0.1) is 10.2 Å². The predicted molar refractivity (Wildman–Crippen MR) is 128 cm³/mol. The zero-order valence-corrected chi connectivity index (χ0v) is 19.5. The molecule has 3 aromatic carbocycles. The van der Waals surface area contributed by atoms with Crippen molar-refractivity contribution in [3.8, 4) is 17.8 Å². The van der Waals surface area contributed by atoms with Gasteiger partial charge in [0.1, 0.15) is 11.8 Å². The molecule has 9 heteroatoms. The summed E-state index contributed by atoms with van der Waals surface area (Å²) in [5.41, 5.74) is 1.24. The van der Waals surface area contributed by atoms with Crippen molar-refractivity contribution in [3.05, 3.63) is 112 Å². The number of aromatic nitrogens is 1. The standard InChI is InChI=1S/C28H19N5O4/c1-16-20(15-29)25(34)30-26(35)23(16)32-31-21-14-8-13-19-22(21)28(37)33(27(19)36)24(17-9-4-2-5-10-17)18-11-6-3-7-12-18/h2-14,24H,1H3,(H2,30,34,35)/p-2. The first-order valence-electron chi connectivity index (χ1n) is 11.2. The van der Waals surface area contributed by atoms with Crippen LogP contribution >= 0.6 is 0 Å². The van der Waals surface area contributed by atoms with Crippen molar-refractivity contribution in [2.45, 2.75) is 13.0 Å². The third-order valence-corrected chi connectivity index (χ3v) is 6.13. The van der Waals surface area contributed by atoms with Gasteiger partial charge in [0, 0.05) is 11.8 Å². The summed E-state index contributed by atoms with van der Waals surface area (Å²) in [4.78, 5) is 31.8. The van der Waals surface area contributed by atoms with E-state index >= 15 is 0 Å². The molecule has 0 N–H and O–H groups in total. The molecule has 0 spiro atoms. The maximum absolute atomic E-state index is 13.8. The van der Waals surface area contributed by atoms with E-state index in [0.717, 1.165) is 11.1 Å². The highest BCUT2D eigenvalue weighted by molar-refractivity contribution is 6.23. The summed E-state index contributed by atoms with van der Waals surface area (Å²) in [5, 5.41) is 41.2. The lowest BCUT2D eigenvalue weighted by molar-refractivity contribution is -0.292. The molecule has 1 aromatic heterocycles. The quantitative estimate of drug-likeness (QED) is 0.304. The van der Waals surface area contributed by atoms with E-state index in [1.165, 1.54) is 24.0 Å². The van der Waals surface area contributed by atoms with Crippen LogP contribution in [0, 0.1) is 18.3 Å². The fourth-order valence-electron chi connectivity index (χ4n) is 4.36. The maximum Gasteiger partial charge on any atom is 0.264 e. The fraction of sp³-hybridized carbons (Fsp3) is 0.0714. The third kappa shape index (κ3) is 3.96. The Bertz CT molecular complexity index is 1570. The molecule has 0 saturated heterocycles. The molecular weight excluding hydrogens is 470 g/mol. The second-order valence-corrected chi connectivity index (χ2v) is 8.29. The number of fused-ring (bicyclic) bond motifs is 1. The Morgan fingerprint density at radius 2 is 1.46 bits per heavy atom. The van der Waals surface area contributed by atoms with Gasteiger partial charge in [0.25, 0.3) is 11.8 Å². The summed E-state index contributed by atoms with van der Waals surface area (Å²) in [6.07, 6.45) is 0. The first-order chi connectivity index (χ1) is 17.9. The van der Waals surface area contributed by atoms with E-state index in [1.807, 2.05) is 60.7 Å². The van der Waals surface area contributed by atoms with Crippen molar-refractivity contribution >= 4 is 23.2 Å². The van der Waals surface area contributed by atoms with Crippen LogP contribution in [-0.2, 0) is 0 Å². The fourth-order valence-corrected chi connectivity index (χ4v) is 4.36. The molecule has 1 aliphatic heterocycles. The van der Waals surface area contributed by atoms with E-state index in [1.54, 1.807) is 12.1 Å². The van der Waals surface area contributed by atoms with Gasteiger partial charge in [-0.3, -0.25) is 19.5 Å². The van der Waals surface area contributed by atoms with Gasteiger partial charge in [-0.25, -0.2) is 0 Å². The summed E-state index contributed by atoms with van der Waals surface area (Å²) < 4.78 is 0. The van der Waals surface area contributed by atoms with Crippen molar-refractivity contribution < 1.29 is 19.8 Å². The Morgan fingerprint density at radius 3 is 2.05 bits per heavy atom. The number of rotatable bonds is 5. The number of azo groups is 1. The van der Waals surface area contributed by atoms with E-state index in [9.17, 15) is 25.1 Å². The van der Waals surface area contributed by atoms with Crippen LogP contribution in [0.3, 0.4) is 0 Å². The number of carbonyl (C=O) groups excluding carboxylic acids is 2. The summed E-state index contributed by atoms with van der Waals surface area (Å²) in [7, 11) is 0. The smallest absolute Gasteiger partial charge is 0.264 e. The van der Waals surface area contributed by atoms with Crippen molar-refractivity contribution in [2.24, 2.45) is 10.2 Å². The minimum absolute atomic E-state index is 0.0427. The van der Waals surface area contributed by atoms with Crippen LogP contribution in [-0.4, -0.2) is 21.7 Å². The molecule has 4 aromatic rings. The van der Waals surface area contributed by atoms with Gasteiger partial charge < -0.3 is 10.2 Å². The Kier molecular flexibility index (Phi) is 5.91. The van der Waals surface area contributed by atoms with Crippen LogP contribution in [0.4, 0.5) is 11.4 Å². The van der Waals surface area contributed by atoms with Crippen molar-refractivity contribution in [2.75, 3.05) is 0 Å². The molecule has 0 unspecified atom stereocenters. The zero-order valence-electron chi connectivity index (χ0n) is 19.5. The minimum atomic E-state index is -0.936. The van der Waals surface area contributed by atoms with E-state index in [-0.39, 0.29) is 33.6 Å². The van der Waals surface area contributed by atoms with Crippen LogP contribution in [0.15, 0.2) is 89.1 Å². The summed E-state index contributed by atoms with van der Waals surface area (Å²) in [5.74, 6) is -2.92. The van der Waals surface area contributed by atoms with Crippen LogP contribution in [0.2, 0.25) is 0 Å². The number of benzene rings is 3. The molecule has 1 aliphatic rings. The first kappa shape index (κ1) is 23.4. The van der Waals surface area contributed by atoms with Gasteiger partial charge in [0.05, 0.1) is 28.4 Å². The highest BCUT2D eigenvalue weighted by Crippen LogP contribution is 2.40. The number of amides is 2. The Morgan fingerprint density at radius 1 is 0.838 bits per heavy atom. The van der Waals surface area contributed by atoms with Crippen LogP contribution in [0.1, 0.15) is 49.0 Å². The molecule has 2 heterocycles. The maximum atomic E-state index is 13.8. The summed E-state index contributed by atoms with van der Waals surface area (Å²) in [6, 6.07) is 24.1. The molecule has 0 bridgehead atoms. The first-order valence-corrected chi connectivity index (χ1v) is 11.2. The topological polar surface area (TPSA) is 145 Å². The van der Waals surface area contributed by atoms with E-state index < -0.39 is 29.6 Å². The molecule has 0 atom stereocenters. The number of pyridine rings is 1. The lowest BCUT2D eigenvalue weighted by atomic mass is 9.97. The van der Waals surface area contributed by atoms with Crippen molar-refractivity contribution in [1.82, 2.24) is 9.88 Å². The third-order valence-electron chi connectivity index (χ3n) is 6.13. The molecular formula is C28H17N5O4-2. The van der Waals surface area contributed by atoms with Crippen molar-refractivity contribution in [3.63, 3.8) is 0 Å². The normalized spacial score (nSPS) is 12.8. The number of carbonyl (C=O) groups is 2. The van der Waals surface area contributed by atoms with Crippen molar-refractivity contribution in [1.29, 1.82) is 5.26 Å². The SMILES string of the molecule is Cc1c(C#N)c([O-])nc([O-])c1N=Nc1cccc2c1C(=O)N(C(c1ccccc1)c1ccccc1)C2=O. The van der Waals surface area contributed by atoms with Gasteiger partial charge in [-0.05, 0) is 35.7 Å². The lowest BCUT2D eigenvalue weighted by Crippen LogP contribution is -2.34. The number of hydrogen-bond acceptors (Lipinski definition) is 8. The lowest BCUT2D eigenvalue weighted by Gasteiger charge is -2.27. The summed E-state index contributed by atoms with van der Waals surface area (Å²) in [6.45, 7) is 1.40.